The molecule has 1 atom stereocenters. The van der Waals surface area contributed by atoms with E-state index in [4.69, 9.17) is 0 Å². The van der Waals surface area contributed by atoms with Crippen LogP contribution in [0.4, 0.5) is 0 Å². The zero-order valence-corrected chi connectivity index (χ0v) is 11.9. The van der Waals surface area contributed by atoms with Gasteiger partial charge in [0, 0.05) is 12.6 Å². The van der Waals surface area contributed by atoms with Gasteiger partial charge in [-0.15, -0.1) is 0 Å². The van der Waals surface area contributed by atoms with E-state index in [0.29, 0.717) is 12.7 Å². The Hall–Kier alpha value is -0.760. The van der Waals surface area contributed by atoms with E-state index >= 15 is 0 Å². The van der Waals surface area contributed by atoms with Gasteiger partial charge in [0.15, 0.2) is 0 Å². The molecular weight excluding hydrogens is 230 g/mol. The van der Waals surface area contributed by atoms with Crippen molar-refractivity contribution in [3.8, 4) is 0 Å². The molecular formula is C11H29N7. The van der Waals surface area contributed by atoms with Gasteiger partial charge in [-0.05, 0) is 26.3 Å². The summed E-state index contributed by atoms with van der Waals surface area (Å²) in [5, 5.41) is 11.1. The SMILES string of the molecule is CCCCN=NNNCNNCC(C)NCCC. The third-order valence-electron chi connectivity index (χ3n) is 2.26. The van der Waals surface area contributed by atoms with Crippen molar-refractivity contribution in [2.75, 3.05) is 26.3 Å². The Kier molecular flexibility index (Phi) is 13.7. The quantitative estimate of drug-likeness (QED) is 0.145. The molecule has 0 saturated heterocycles. The van der Waals surface area contributed by atoms with E-state index in [1.807, 2.05) is 0 Å². The molecule has 0 fully saturated rings. The fourth-order valence-corrected chi connectivity index (χ4v) is 1.18. The van der Waals surface area contributed by atoms with Crippen LogP contribution in [0.5, 0.6) is 0 Å². The average molecular weight is 259 g/mol. The van der Waals surface area contributed by atoms with Crippen LogP contribution in [0.3, 0.4) is 0 Å². The lowest BCUT2D eigenvalue weighted by molar-refractivity contribution is 0.406. The molecule has 0 aromatic rings. The van der Waals surface area contributed by atoms with E-state index in [1.54, 1.807) is 0 Å². The number of hydrogen-bond donors (Lipinski definition) is 5. The number of nitrogens with one attached hydrogen (secondary N) is 5. The number of nitrogens with zero attached hydrogens (tertiary/aromatic N) is 2. The summed E-state index contributed by atoms with van der Waals surface area (Å²) in [4.78, 5) is 0. The van der Waals surface area contributed by atoms with Gasteiger partial charge in [0.2, 0.25) is 0 Å². The Balaban J connectivity index is 3.13. The predicted molar refractivity (Wildman–Crippen MR) is 74.7 cm³/mol. The average Bonchev–Trinajstić information content (AvgIpc) is 2.38. The highest BCUT2D eigenvalue weighted by atomic mass is 15.6. The molecule has 5 N–H and O–H groups in total. The third kappa shape index (κ3) is 13.3. The van der Waals surface area contributed by atoms with Crippen LogP contribution in [0, 0.1) is 0 Å². The Labute approximate surface area is 110 Å². The Morgan fingerprint density at radius 2 is 1.89 bits per heavy atom. The van der Waals surface area contributed by atoms with E-state index in [-0.39, 0.29) is 0 Å². The maximum atomic E-state index is 3.93. The van der Waals surface area contributed by atoms with E-state index < -0.39 is 0 Å². The molecule has 0 saturated carbocycles. The van der Waals surface area contributed by atoms with Gasteiger partial charge in [-0.3, -0.25) is 5.43 Å². The van der Waals surface area contributed by atoms with E-state index in [9.17, 15) is 0 Å². The molecule has 0 bridgehead atoms. The highest BCUT2D eigenvalue weighted by molar-refractivity contribution is 4.60. The highest BCUT2D eigenvalue weighted by Crippen LogP contribution is 1.85. The number of hydrogen-bond acceptors (Lipinski definition) is 6. The summed E-state index contributed by atoms with van der Waals surface area (Å²) in [5.41, 5.74) is 11.7. The van der Waals surface area contributed by atoms with Gasteiger partial charge >= 0.3 is 0 Å². The summed E-state index contributed by atoms with van der Waals surface area (Å²) in [6, 6.07) is 0.458. The minimum absolute atomic E-state index is 0.458. The topological polar surface area (TPSA) is 84.9 Å². The molecule has 0 spiro atoms. The van der Waals surface area contributed by atoms with E-state index in [2.05, 4.69) is 58.2 Å². The van der Waals surface area contributed by atoms with Crippen LogP contribution in [-0.4, -0.2) is 32.3 Å². The smallest absolute Gasteiger partial charge is 0.0784 e. The van der Waals surface area contributed by atoms with Crippen LogP contribution in [0.1, 0.15) is 40.0 Å². The second-order valence-corrected chi connectivity index (χ2v) is 4.20. The lowest BCUT2D eigenvalue weighted by Gasteiger charge is -2.14. The van der Waals surface area contributed by atoms with Crippen LogP contribution in [0.2, 0.25) is 0 Å². The molecule has 0 heterocycles. The van der Waals surface area contributed by atoms with Crippen LogP contribution in [0.15, 0.2) is 10.3 Å². The van der Waals surface area contributed by atoms with Crippen molar-refractivity contribution in [2.45, 2.75) is 46.1 Å². The Morgan fingerprint density at radius 3 is 2.61 bits per heavy atom. The molecule has 1 unspecified atom stereocenters. The van der Waals surface area contributed by atoms with Crippen LogP contribution >= 0.6 is 0 Å². The van der Waals surface area contributed by atoms with Gasteiger partial charge in [-0.2, -0.15) is 5.11 Å². The molecule has 7 heteroatoms. The molecule has 0 radical (unpaired) electrons. The maximum Gasteiger partial charge on any atom is 0.0784 e. The molecule has 0 aliphatic rings. The number of hydrazine groups is 2. The van der Waals surface area contributed by atoms with Crippen molar-refractivity contribution in [1.82, 2.24) is 27.1 Å². The summed E-state index contributed by atoms with van der Waals surface area (Å²) in [6.07, 6.45) is 3.38. The normalized spacial score (nSPS) is 13.1. The zero-order valence-electron chi connectivity index (χ0n) is 11.9. The molecule has 0 rings (SSSR count). The van der Waals surface area contributed by atoms with Crippen molar-refractivity contribution >= 4 is 0 Å². The summed E-state index contributed by atoms with van der Waals surface area (Å²) < 4.78 is 0. The van der Waals surface area contributed by atoms with Gasteiger partial charge in [0.05, 0.1) is 13.2 Å². The minimum Gasteiger partial charge on any atom is -0.313 e. The molecule has 0 aromatic heterocycles. The van der Waals surface area contributed by atoms with E-state index in [1.165, 1.54) is 0 Å². The molecule has 0 aliphatic heterocycles. The Morgan fingerprint density at radius 1 is 1.06 bits per heavy atom. The second kappa shape index (κ2) is 14.3. The summed E-state index contributed by atoms with van der Waals surface area (Å²) in [6.45, 7) is 9.73. The van der Waals surface area contributed by atoms with Crippen LogP contribution in [0.25, 0.3) is 0 Å². The molecule has 0 amide bonds. The lowest BCUT2D eigenvalue weighted by Crippen LogP contribution is -2.47. The monoisotopic (exact) mass is 259 g/mol. The molecule has 7 nitrogen and oxygen atoms in total. The fourth-order valence-electron chi connectivity index (χ4n) is 1.18. The van der Waals surface area contributed by atoms with Gasteiger partial charge in [0.1, 0.15) is 0 Å². The summed E-state index contributed by atoms with van der Waals surface area (Å²) in [5.74, 6) is 0. The van der Waals surface area contributed by atoms with E-state index in [0.717, 1.165) is 38.9 Å². The first-order valence-corrected chi connectivity index (χ1v) is 6.84. The molecule has 18 heavy (non-hydrogen) atoms. The van der Waals surface area contributed by atoms with Crippen molar-refractivity contribution in [2.24, 2.45) is 10.3 Å². The number of rotatable bonds is 13. The van der Waals surface area contributed by atoms with Gasteiger partial charge in [0.25, 0.3) is 0 Å². The first-order chi connectivity index (χ1) is 8.81. The first kappa shape index (κ1) is 17.2. The van der Waals surface area contributed by atoms with Gasteiger partial charge < -0.3 is 5.32 Å². The third-order valence-corrected chi connectivity index (χ3v) is 2.26. The second-order valence-electron chi connectivity index (χ2n) is 4.20. The minimum atomic E-state index is 0.458. The molecule has 108 valence electrons. The first-order valence-electron chi connectivity index (χ1n) is 6.84. The lowest BCUT2D eigenvalue weighted by atomic mass is 10.3. The highest BCUT2D eigenvalue weighted by Gasteiger charge is 1.97. The zero-order chi connectivity index (χ0) is 13.5. The molecule has 0 aromatic carbocycles. The van der Waals surface area contributed by atoms with Gasteiger partial charge in [-0.1, -0.05) is 25.5 Å². The number of unbranched alkanes of at least 4 members (excludes halogenated alkanes) is 1. The van der Waals surface area contributed by atoms with Crippen LogP contribution < -0.4 is 27.1 Å². The van der Waals surface area contributed by atoms with Crippen LogP contribution in [-0.2, 0) is 0 Å². The van der Waals surface area contributed by atoms with Crippen molar-refractivity contribution < 1.29 is 0 Å². The van der Waals surface area contributed by atoms with Crippen molar-refractivity contribution in [3.63, 3.8) is 0 Å². The standard InChI is InChI=1S/C11H29N7/c1-4-6-8-13-17-18-16-10-15-14-9-11(3)12-7-5-2/h11-12,14-15H,4-10H2,1-3H3,(H,13,18)(H,16,17). The van der Waals surface area contributed by atoms with Crippen molar-refractivity contribution in [1.29, 1.82) is 0 Å². The fraction of sp³-hybridized carbons (Fsp3) is 1.00. The van der Waals surface area contributed by atoms with Gasteiger partial charge in [-0.25, -0.2) is 16.4 Å². The van der Waals surface area contributed by atoms with Crippen molar-refractivity contribution in [3.05, 3.63) is 0 Å². The Bertz CT molecular complexity index is 186. The summed E-state index contributed by atoms with van der Waals surface area (Å²) >= 11 is 0. The summed E-state index contributed by atoms with van der Waals surface area (Å²) in [7, 11) is 0. The molecule has 0 aliphatic carbocycles. The largest absolute Gasteiger partial charge is 0.313 e. The maximum absolute atomic E-state index is 3.93. The predicted octanol–water partition coefficient (Wildman–Crippen LogP) is 0.688.